The van der Waals surface area contributed by atoms with Gasteiger partial charge in [-0.2, -0.15) is 0 Å². The molecule has 5 nitrogen and oxygen atoms in total. The molecule has 0 saturated carbocycles. The van der Waals surface area contributed by atoms with Gasteiger partial charge >= 0.3 is 0 Å². The molecule has 0 bridgehead atoms. The van der Waals surface area contributed by atoms with E-state index >= 15 is 0 Å². The second-order valence-corrected chi connectivity index (χ2v) is 4.99. The summed E-state index contributed by atoms with van der Waals surface area (Å²) in [7, 11) is 0. The van der Waals surface area contributed by atoms with E-state index in [1.54, 1.807) is 23.8 Å². The number of nitrogens with one attached hydrogen (secondary N) is 1. The Morgan fingerprint density at radius 2 is 1.86 bits per heavy atom. The van der Waals surface area contributed by atoms with Gasteiger partial charge in [0.1, 0.15) is 0 Å². The molecule has 5 heteroatoms. The van der Waals surface area contributed by atoms with Crippen LogP contribution in [0.25, 0.3) is 0 Å². The average molecular weight is 285 g/mol. The first-order valence-corrected chi connectivity index (χ1v) is 6.83. The molecule has 0 saturated heterocycles. The molecule has 1 aromatic carbocycles. The molecular weight excluding hydrogens is 266 g/mol. The Kier molecular flexibility index (Phi) is 4.90. The fourth-order valence-corrected chi connectivity index (χ4v) is 1.90. The van der Waals surface area contributed by atoms with E-state index < -0.39 is 6.04 Å². The molecule has 2 rings (SSSR count). The number of benzene rings is 1. The Hall–Kier alpha value is -2.40. The molecule has 0 radical (unpaired) electrons. The second kappa shape index (κ2) is 6.85. The van der Waals surface area contributed by atoms with Crippen molar-refractivity contribution in [3.8, 4) is 0 Å². The van der Waals surface area contributed by atoms with Crippen LogP contribution in [-0.4, -0.2) is 16.5 Å². The highest BCUT2D eigenvalue weighted by Crippen LogP contribution is 2.05. The minimum absolute atomic E-state index is 0.0224. The lowest BCUT2D eigenvalue weighted by Crippen LogP contribution is -2.37. The van der Waals surface area contributed by atoms with Crippen molar-refractivity contribution in [3.63, 3.8) is 0 Å². The van der Waals surface area contributed by atoms with Crippen molar-refractivity contribution in [1.29, 1.82) is 0 Å². The van der Waals surface area contributed by atoms with E-state index in [9.17, 15) is 9.59 Å². The van der Waals surface area contributed by atoms with Crippen LogP contribution in [0.1, 0.15) is 18.1 Å². The third-order valence-corrected chi connectivity index (χ3v) is 3.16. The average Bonchev–Trinajstić information content (AvgIpc) is 2.48. The summed E-state index contributed by atoms with van der Waals surface area (Å²) in [6.45, 7) is 2.63. The van der Waals surface area contributed by atoms with E-state index in [0.29, 0.717) is 13.1 Å². The molecule has 21 heavy (non-hydrogen) atoms. The topological polar surface area (TPSA) is 77.1 Å². The first-order chi connectivity index (χ1) is 10.1. The number of aromatic nitrogens is 1. The molecular formula is C16H19N3O2. The number of carbonyl (C=O) groups is 1. The van der Waals surface area contributed by atoms with Crippen molar-refractivity contribution in [3.05, 3.63) is 70.1 Å². The Labute approximate surface area is 123 Å². The van der Waals surface area contributed by atoms with Gasteiger partial charge in [-0.25, -0.2) is 0 Å². The van der Waals surface area contributed by atoms with E-state index in [0.717, 1.165) is 11.1 Å². The van der Waals surface area contributed by atoms with E-state index in [-0.39, 0.29) is 11.5 Å². The Morgan fingerprint density at radius 1 is 1.19 bits per heavy atom. The highest BCUT2D eigenvalue weighted by molar-refractivity contribution is 5.80. The van der Waals surface area contributed by atoms with Gasteiger partial charge in [0.2, 0.25) is 5.91 Å². The number of hydrogen-bond donors (Lipinski definition) is 2. The Balaban J connectivity index is 1.98. The number of nitrogens with zero attached hydrogens (tertiary/aromatic N) is 1. The van der Waals surface area contributed by atoms with Crippen LogP contribution in [0, 0.1) is 0 Å². The predicted octanol–water partition coefficient (Wildman–Crippen LogP) is 0.860. The van der Waals surface area contributed by atoms with Crippen LogP contribution >= 0.6 is 0 Å². The normalized spacial score (nSPS) is 11.9. The van der Waals surface area contributed by atoms with Crippen LogP contribution in [0.15, 0.2) is 53.5 Å². The van der Waals surface area contributed by atoms with Gasteiger partial charge in [-0.05, 0) is 24.1 Å². The first-order valence-electron chi connectivity index (χ1n) is 6.83. The standard InChI is InChI=1S/C16H19N3O2/c1-12(17)16(21)18-10-13-5-7-14(8-6-13)11-19-9-3-2-4-15(19)20/h2-9,12H,10-11,17H2,1H3,(H,18,21)/t12-/m0/s1. The summed E-state index contributed by atoms with van der Waals surface area (Å²) >= 11 is 0. The lowest BCUT2D eigenvalue weighted by Gasteiger charge is -2.09. The van der Waals surface area contributed by atoms with E-state index in [1.165, 1.54) is 6.07 Å². The maximum Gasteiger partial charge on any atom is 0.250 e. The van der Waals surface area contributed by atoms with Crippen molar-refractivity contribution < 1.29 is 4.79 Å². The number of rotatable bonds is 5. The van der Waals surface area contributed by atoms with Crippen molar-refractivity contribution in [2.45, 2.75) is 26.1 Å². The summed E-state index contributed by atoms with van der Waals surface area (Å²) in [5.41, 5.74) is 7.48. The molecule has 1 atom stereocenters. The maximum absolute atomic E-state index is 11.6. The van der Waals surface area contributed by atoms with Crippen molar-refractivity contribution in [2.75, 3.05) is 0 Å². The molecule has 0 aliphatic rings. The van der Waals surface area contributed by atoms with Gasteiger partial charge < -0.3 is 15.6 Å². The van der Waals surface area contributed by atoms with E-state index in [4.69, 9.17) is 5.73 Å². The smallest absolute Gasteiger partial charge is 0.250 e. The quantitative estimate of drug-likeness (QED) is 0.855. The zero-order chi connectivity index (χ0) is 15.2. The van der Waals surface area contributed by atoms with Crippen molar-refractivity contribution in [2.24, 2.45) is 5.73 Å². The zero-order valence-electron chi connectivity index (χ0n) is 12.0. The van der Waals surface area contributed by atoms with Crippen molar-refractivity contribution >= 4 is 5.91 Å². The molecule has 0 aliphatic carbocycles. The highest BCUT2D eigenvalue weighted by atomic mass is 16.2. The van der Waals surface area contributed by atoms with Gasteiger partial charge in [-0.15, -0.1) is 0 Å². The van der Waals surface area contributed by atoms with Gasteiger partial charge in [0.15, 0.2) is 0 Å². The van der Waals surface area contributed by atoms with Crippen LogP contribution in [0.4, 0.5) is 0 Å². The van der Waals surface area contributed by atoms with Crippen LogP contribution in [0.3, 0.4) is 0 Å². The van der Waals surface area contributed by atoms with Crippen molar-refractivity contribution in [1.82, 2.24) is 9.88 Å². The Morgan fingerprint density at radius 3 is 2.48 bits per heavy atom. The number of nitrogens with two attached hydrogens (primary N) is 1. The monoisotopic (exact) mass is 285 g/mol. The summed E-state index contributed by atoms with van der Waals surface area (Å²) in [5, 5.41) is 2.76. The second-order valence-electron chi connectivity index (χ2n) is 4.99. The van der Waals surface area contributed by atoms with Crippen LogP contribution in [-0.2, 0) is 17.9 Å². The molecule has 2 aromatic rings. The number of pyridine rings is 1. The number of amides is 1. The molecule has 0 spiro atoms. The molecule has 110 valence electrons. The summed E-state index contributed by atoms with van der Waals surface area (Å²) < 4.78 is 1.65. The minimum Gasteiger partial charge on any atom is -0.351 e. The van der Waals surface area contributed by atoms with E-state index in [2.05, 4.69) is 5.32 Å². The number of carbonyl (C=O) groups excluding carboxylic acids is 1. The Bertz CT molecular complexity index is 660. The van der Waals surface area contributed by atoms with E-state index in [1.807, 2.05) is 30.3 Å². The molecule has 0 aliphatic heterocycles. The fourth-order valence-electron chi connectivity index (χ4n) is 1.90. The summed E-state index contributed by atoms with van der Waals surface area (Å²) in [6.07, 6.45) is 1.76. The third-order valence-electron chi connectivity index (χ3n) is 3.16. The predicted molar refractivity (Wildman–Crippen MR) is 81.7 cm³/mol. The first kappa shape index (κ1) is 15.0. The molecule has 0 fully saturated rings. The lowest BCUT2D eigenvalue weighted by molar-refractivity contribution is -0.122. The van der Waals surface area contributed by atoms with Crippen LogP contribution < -0.4 is 16.6 Å². The van der Waals surface area contributed by atoms with Gasteiger partial charge in [0, 0.05) is 18.8 Å². The minimum atomic E-state index is -0.505. The summed E-state index contributed by atoms with van der Waals surface area (Å²) in [6, 6.07) is 12.4. The maximum atomic E-state index is 11.6. The lowest BCUT2D eigenvalue weighted by atomic mass is 10.1. The molecule has 1 heterocycles. The largest absolute Gasteiger partial charge is 0.351 e. The molecule has 3 N–H and O–H groups in total. The fraction of sp³-hybridized carbons (Fsp3) is 0.250. The zero-order valence-corrected chi connectivity index (χ0v) is 12.0. The third kappa shape index (κ3) is 4.29. The highest BCUT2D eigenvalue weighted by Gasteiger charge is 2.06. The van der Waals surface area contributed by atoms with Crippen LogP contribution in [0.2, 0.25) is 0 Å². The summed E-state index contributed by atoms with van der Waals surface area (Å²) in [4.78, 5) is 23.0. The number of hydrogen-bond acceptors (Lipinski definition) is 3. The molecule has 1 amide bonds. The van der Waals surface area contributed by atoms with Gasteiger partial charge in [-0.1, -0.05) is 30.3 Å². The molecule has 1 aromatic heterocycles. The SMILES string of the molecule is C[C@H](N)C(=O)NCc1ccc(Cn2ccccc2=O)cc1. The van der Waals surface area contributed by atoms with Gasteiger partial charge in [0.05, 0.1) is 12.6 Å². The van der Waals surface area contributed by atoms with Crippen LogP contribution in [0.5, 0.6) is 0 Å². The van der Waals surface area contributed by atoms with Gasteiger partial charge in [0.25, 0.3) is 5.56 Å². The molecule has 0 unspecified atom stereocenters. The summed E-state index contributed by atoms with van der Waals surface area (Å²) in [5.74, 6) is -0.171. The van der Waals surface area contributed by atoms with Gasteiger partial charge in [-0.3, -0.25) is 9.59 Å².